The average molecular weight is 380 g/mol. The molecule has 0 spiro atoms. The van der Waals surface area contributed by atoms with Crippen molar-refractivity contribution in [2.75, 3.05) is 23.7 Å². The molecule has 5 heteroatoms. The Balaban J connectivity index is 1.44. The molecule has 1 aliphatic rings. The number of nitrogens with one attached hydrogen (secondary N) is 3. The fourth-order valence-corrected chi connectivity index (χ4v) is 3.72. The zero-order valence-electron chi connectivity index (χ0n) is 16.7. The van der Waals surface area contributed by atoms with E-state index in [1.54, 1.807) is 0 Å². The Morgan fingerprint density at radius 1 is 0.929 bits per heavy atom. The molecule has 3 N–H and O–H groups in total. The van der Waals surface area contributed by atoms with E-state index in [-0.39, 0.29) is 18.4 Å². The van der Waals surface area contributed by atoms with Crippen molar-refractivity contribution in [3.05, 3.63) is 59.2 Å². The molecular weight excluding hydrogens is 350 g/mol. The normalized spacial score (nSPS) is 13.9. The van der Waals surface area contributed by atoms with Crippen LogP contribution in [-0.2, 0) is 4.79 Å². The highest BCUT2D eigenvalue weighted by atomic mass is 16.2. The minimum atomic E-state index is -0.246. The van der Waals surface area contributed by atoms with Gasteiger partial charge in [0.1, 0.15) is 0 Å². The smallest absolute Gasteiger partial charge is 0.251 e. The summed E-state index contributed by atoms with van der Waals surface area (Å²) in [6.07, 6.45) is 5.32. The highest BCUT2D eigenvalue weighted by Gasteiger charge is 2.14. The Labute approximate surface area is 166 Å². The Bertz CT molecular complexity index is 804. The van der Waals surface area contributed by atoms with E-state index in [0.717, 1.165) is 35.0 Å². The highest BCUT2D eigenvalue weighted by Crippen LogP contribution is 2.25. The summed E-state index contributed by atoms with van der Waals surface area (Å²) in [5, 5.41) is 8.95. The summed E-state index contributed by atoms with van der Waals surface area (Å²) in [6.45, 7) is 4.84. The minimum Gasteiger partial charge on any atom is -0.385 e. The van der Waals surface area contributed by atoms with Crippen molar-refractivity contribution in [2.45, 2.75) is 39.5 Å². The van der Waals surface area contributed by atoms with E-state index in [2.05, 4.69) is 16.0 Å². The Kier molecular flexibility index (Phi) is 6.69. The van der Waals surface area contributed by atoms with Gasteiger partial charge in [-0.15, -0.1) is 0 Å². The van der Waals surface area contributed by atoms with E-state index in [1.165, 1.54) is 25.7 Å². The molecule has 0 atom stereocenters. The predicted molar refractivity (Wildman–Crippen MR) is 114 cm³/mol. The van der Waals surface area contributed by atoms with Crippen molar-refractivity contribution in [3.8, 4) is 0 Å². The quantitative estimate of drug-likeness (QED) is 0.673. The number of aryl methyl sites for hydroxylation is 2. The molecule has 0 saturated heterocycles. The molecule has 28 heavy (non-hydrogen) atoms. The van der Waals surface area contributed by atoms with Crippen LogP contribution in [0.4, 0.5) is 11.4 Å². The molecule has 3 rings (SSSR count). The average Bonchev–Trinajstić information content (AvgIpc) is 3.18. The fraction of sp³-hybridized carbons (Fsp3) is 0.391. The molecule has 2 aromatic carbocycles. The molecule has 0 heterocycles. The van der Waals surface area contributed by atoms with Gasteiger partial charge in [-0.2, -0.15) is 0 Å². The van der Waals surface area contributed by atoms with Gasteiger partial charge in [0, 0.05) is 23.5 Å². The van der Waals surface area contributed by atoms with Crippen LogP contribution in [0.3, 0.4) is 0 Å². The number of amides is 2. The molecular formula is C23H29N3O2. The van der Waals surface area contributed by atoms with E-state index in [4.69, 9.17) is 0 Å². The molecule has 0 radical (unpaired) electrons. The summed E-state index contributed by atoms with van der Waals surface area (Å²) in [7, 11) is 0. The van der Waals surface area contributed by atoms with Crippen LogP contribution in [0.25, 0.3) is 0 Å². The SMILES string of the molecule is Cc1cc(C)cc(C(=O)NCC(=O)Nc2ccc(NCC3CCCC3)cc2)c1. The zero-order valence-corrected chi connectivity index (χ0v) is 16.7. The molecule has 0 unspecified atom stereocenters. The first kappa shape index (κ1) is 19.9. The molecule has 0 aromatic heterocycles. The van der Waals surface area contributed by atoms with Gasteiger partial charge in [0.25, 0.3) is 5.91 Å². The molecule has 0 bridgehead atoms. The number of carbonyl (C=O) groups is 2. The molecule has 148 valence electrons. The first-order chi connectivity index (χ1) is 13.5. The number of hydrogen-bond donors (Lipinski definition) is 3. The lowest BCUT2D eigenvalue weighted by molar-refractivity contribution is -0.115. The largest absolute Gasteiger partial charge is 0.385 e. The Morgan fingerprint density at radius 2 is 1.54 bits per heavy atom. The number of carbonyl (C=O) groups excluding carboxylic acids is 2. The number of hydrogen-bond acceptors (Lipinski definition) is 3. The maximum atomic E-state index is 12.2. The van der Waals surface area contributed by atoms with E-state index >= 15 is 0 Å². The summed E-state index contributed by atoms with van der Waals surface area (Å²) in [5.74, 6) is 0.290. The standard InChI is InChI=1S/C23H29N3O2/c1-16-11-17(2)13-19(12-16)23(28)25-15-22(27)26-21-9-7-20(8-10-21)24-14-18-5-3-4-6-18/h7-13,18,24H,3-6,14-15H2,1-2H3,(H,25,28)(H,26,27). The lowest BCUT2D eigenvalue weighted by Gasteiger charge is -2.12. The summed E-state index contributed by atoms with van der Waals surface area (Å²) in [6, 6.07) is 13.3. The van der Waals surface area contributed by atoms with Crippen LogP contribution in [0, 0.1) is 19.8 Å². The van der Waals surface area contributed by atoms with E-state index in [9.17, 15) is 9.59 Å². The van der Waals surface area contributed by atoms with Gasteiger partial charge in [0.15, 0.2) is 0 Å². The van der Waals surface area contributed by atoms with Gasteiger partial charge >= 0.3 is 0 Å². The van der Waals surface area contributed by atoms with Crippen LogP contribution in [0.15, 0.2) is 42.5 Å². The number of anilines is 2. The first-order valence-corrected chi connectivity index (χ1v) is 10.00. The summed E-state index contributed by atoms with van der Waals surface area (Å²) in [5.41, 5.74) is 4.40. The molecule has 2 amide bonds. The monoisotopic (exact) mass is 379 g/mol. The van der Waals surface area contributed by atoms with Crippen molar-refractivity contribution in [1.82, 2.24) is 5.32 Å². The van der Waals surface area contributed by atoms with Gasteiger partial charge in [-0.3, -0.25) is 9.59 Å². The van der Waals surface area contributed by atoms with E-state index in [1.807, 2.05) is 56.3 Å². The van der Waals surface area contributed by atoms with E-state index < -0.39 is 0 Å². The Hall–Kier alpha value is -2.82. The van der Waals surface area contributed by atoms with Crippen molar-refractivity contribution >= 4 is 23.2 Å². The fourth-order valence-electron chi connectivity index (χ4n) is 3.72. The maximum Gasteiger partial charge on any atom is 0.251 e. The molecule has 1 saturated carbocycles. The van der Waals surface area contributed by atoms with Gasteiger partial charge in [0.2, 0.25) is 5.91 Å². The zero-order chi connectivity index (χ0) is 19.9. The summed E-state index contributed by atoms with van der Waals surface area (Å²) in [4.78, 5) is 24.4. The second-order valence-corrected chi connectivity index (χ2v) is 7.72. The Morgan fingerprint density at radius 3 is 2.18 bits per heavy atom. The van der Waals surface area contributed by atoms with Crippen molar-refractivity contribution in [3.63, 3.8) is 0 Å². The third kappa shape index (κ3) is 5.84. The third-order valence-corrected chi connectivity index (χ3v) is 5.13. The molecule has 2 aromatic rings. The predicted octanol–water partition coefficient (Wildman–Crippen LogP) is 4.27. The van der Waals surface area contributed by atoms with Crippen molar-refractivity contribution in [1.29, 1.82) is 0 Å². The number of rotatable bonds is 7. The second-order valence-electron chi connectivity index (χ2n) is 7.72. The van der Waals surface area contributed by atoms with Crippen LogP contribution < -0.4 is 16.0 Å². The van der Waals surface area contributed by atoms with E-state index in [0.29, 0.717) is 5.56 Å². The van der Waals surface area contributed by atoms with Crippen molar-refractivity contribution < 1.29 is 9.59 Å². The van der Waals surface area contributed by atoms with Gasteiger partial charge in [0.05, 0.1) is 6.54 Å². The molecule has 1 aliphatic carbocycles. The van der Waals surface area contributed by atoms with Crippen LogP contribution >= 0.6 is 0 Å². The maximum absolute atomic E-state index is 12.2. The number of benzene rings is 2. The molecule has 0 aliphatic heterocycles. The lowest BCUT2D eigenvalue weighted by Crippen LogP contribution is -2.32. The van der Waals surface area contributed by atoms with Gasteiger partial charge in [-0.05, 0) is 69.0 Å². The minimum absolute atomic E-state index is 0.0620. The van der Waals surface area contributed by atoms with Crippen LogP contribution in [0.5, 0.6) is 0 Å². The summed E-state index contributed by atoms with van der Waals surface area (Å²) < 4.78 is 0. The van der Waals surface area contributed by atoms with Gasteiger partial charge in [-0.1, -0.05) is 30.0 Å². The van der Waals surface area contributed by atoms with Crippen molar-refractivity contribution in [2.24, 2.45) is 5.92 Å². The lowest BCUT2D eigenvalue weighted by atomic mass is 10.1. The third-order valence-electron chi connectivity index (χ3n) is 5.13. The summed E-state index contributed by atoms with van der Waals surface area (Å²) >= 11 is 0. The molecule has 1 fully saturated rings. The second kappa shape index (κ2) is 9.40. The van der Waals surface area contributed by atoms with Gasteiger partial charge < -0.3 is 16.0 Å². The van der Waals surface area contributed by atoms with Crippen LogP contribution in [0.1, 0.15) is 47.2 Å². The molecule has 5 nitrogen and oxygen atoms in total. The van der Waals surface area contributed by atoms with Gasteiger partial charge in [-0.25, -0.2) is 0 Å². The topological polar surface area (TPSA) is 70.2 Å². The highest BCUT2D eigenvalue weighted by molar-refractivity contribution is 5.99. The van der Waals surface area contributed by atoms with Crippen LogP contribution in [0.2, 0.25) is 0 Å². The first-order valence-electron chi connectivity index (χ1n) is 10.00. The van der Waals surface area contributed by atoms with Crippen LogP contribution in [-0.4, -0.2) is 24.9 Å².